The predicted molar refractivity (Wildman–Crippen MR) is 149 cm³/mol. The largest absolute Gasteiger partial charge is 0.497 e. The lowest BCUT2D eigenvalue weighted by molar-refractivity contribution is 0.0696. The molecule has 5 aromatic rings. The number of hydrogen-bond acceptors (Lipinski definition) is 11. The number of aromatic nitrogens is 3. The molecule has 0 aliphatic heterocycles. The van der Waals surface area contributed by atoms with Gasteiger partial charge in [-0.3, -0.25) is 10.1 Å². The van der Waals surface area contributed by atoms with Crippen LogP contribution < -0.4 is 25.8 Å². The average Bonchev–Trinajstić information content (AvgIpc) is 3.61. The third kappa shape index (κ3) is 6.38. The van der Waals surface area contributed by atoms with Crippen LogP contribution in [-0.4, -0.2) is 45.3 Å². The standard InChI is InChI=1S/C27H18F2N6O7S/c1-40-15-4-2-3-13(9-15)23(36)31-19-10-16(17(28)11-18(19)29)22-33-24(42-35-22)20-21(30)32-26(43-20)34-27(39)41-14-7-5-12(6-8-14)25(37)38/h2-11H,30H2,1H3,(H,31,36)(H,37,38)(H,32,34,39). The van der Waals surface area contributed by atoms with Crippen LogP contribution in [0.1, 0.15) is 20.7 Å². The summed E-state index contributed by atoms with van der Waals surface area (Å²) in [6, 6.07) is 12.9. The van der Waals surface area contributed by atoms with Gasteiger partial charge in [-0.1, -0.05) is 22.6 Å². The number of methoxy groups -OCH3 is 1. The summed E-state index contributed by atoms with van der Waals surface area (Å²) in [6.45, 7) is 0. The number of carboxylic acids is 1. The van der Waals surface area contributed by atoms with Gasteiger partial charge in [0, 0.05) is 11.6 Å². The van der Waals surface area contributed by atoms with E-state index in [4.69, 9.17) is 24.8 Å². The third-order valence-electron chi connectivity index (χ3n) is 5.67. The molecule has 2 aromatic heterocycles. The van der Waals surface area contributed by atoms with Gasteiger partial charge < -0.3 is 30.2 Å². The van der Waals surface area contributed by atoms with E-state index in [1.165, 1.54) is 43.5 Å². The molecule has 0 spiro atoms. The smallest absolute Gasteiger partial charge is 0.418 e. The SMILES string of the molecule is COc1cccc(C(=O)Nc2cc(-c3noc(-c4sc(NC(=O)Oc5ccc(C(=O)O)cc5)nc4N)n3)c(F)cc2F)c1. The molecule has 0 saturated carbocycles. The monoisotopic (exact) mass is 608 g/mol. The van der Waals surface area contributed by atoms with E-state index in [0.29, 0.717) is 11.8 Å². The summed E-state index contributed by atoms with van der Waals surface area (Å²) in [4.78, 5) is 44.1. The van der Waals surface area contributed by atoms with Crippen LogP contribution in [0, 0.1) is 11.6 Å². The summed E-state index contributed by atoms with van der Waals surface area (Å²) in [7, 11) is 1.43. The molecule has 0 aliphatic carbocycles. The van der Waals surface area contributed by atoms with Crippen LogP contribution >= 0.6 is 11.3 Å². The lowest BCUT2D eigenvalue weighted by Crippen LogP contribution is -2.16. The topological polar surface area (TPSA) is 192 Å². The van der Waals surface area contributed by atoms with Gasteiger partial charge >= 0.3 is 12.1 Å². The number of carbonyl (C=O) groups is 3. The Hall–Kier alpha value is -5.90. The molecule has 16 heteroatoms. The summed E-state index contributed by atoms with van der Waals surface area (Å²) in [6.07, 6.45) is -0.938. The van der Waals surface area contributed by atoms with E-state index in [9.17, 15) is 23.2 Å². The summed E-state index contributed by atoms with van der Waals surface area (Å²) >= 11 is 0.842. The van der Waals surface area contributed by atoms with Crippen LogP contribution in [0.25, 0.3) is 22.2 Å². The number of amides is 2. The summed E-state index contributed by atoms with van der Waals surface area (Å²) < 4.78 is 44.7. The van der Waals surface area contributed by atoms with Crippen molar-refractivity contribution in [1.29, 1.82) is 0 Å². The highest BCUT2D eigenvalue weighted by Gasteiger charge is 2.22. The van der Waals surface area contributed by atoms with Crippen molar-refractivity contribution in [1.82, 2.24) is 15.1 Å². The number of hydrogen-bond donors (Lipinski definition) is 4. The van der Waals surface area contributed by atoms with Crippen LogP contribution in [0.5, 0.6) is 11.5 Å². The van der Waals surface area contributed by atoms with Crippen molar-refractivity contribution in [3.63, 3.8) is 0 Å². The van der Waals surface area contributed by atoms with Gasteiger partial charge in [0.15, 0.2) is 5.13 Å². The van der Waals surface area contributed by atoms with Crippen molar-refractivity contribution < 1.29 is 42.3 Å². The minimum Gasteiger partial charge on any atom is -0.497 e. The number of anilines is 3. The Kier molecular flexibility index (Phi) is 7.93. The van der Waals surface area contributed by atoms with Crippen molar-refractivity contribution >= 4 is 45.9 Å². The molecule has 13 nitrogen and oxygen atoms in total. The molecule has 0 atom stereocenters. The molecule has 3 aromatic carbocycles. The highest BCUT2D eigenvalue weighted by Crippen LogP contribution is 2.36. The Balaban J connectivity index is 1.32. The number of halogens is 2. The van der Waals surface area contributed by atoms with Crippen LogP contribution in [0.2, 0.25) is 0 Å². The molecule has 0 aliphatic rings. The second-order valence-electron chi connectivity index (χ2n) is 8.50. The second kappa shape index (κ2) is 11.9. The zero-order valence-electron chi connectivity index (χ0n) is 21.8. The van der Waals surface area contributed by atoms with Crippen LogP contribution in [-0.2, 0) is 0 Å². The van der Waals surface area contributed by atoms with Crippen LogP contribution in [0.15, 0.2) is 65.2 Å². The summed E-state index contributed by atoms with van der Waals surface area (Å²) in [5, 5.41) is 17.4. The molecule has 5 rings (SSSR count). The van der Waals surface area contributed by atoms with E-state index in [1.807, 2.05) is 0 Å². The maximum atomic E-state index is 14.7. The Morgan fingerprint density at radius 1 is 0.953 bits per heavy atom. The van der Waals surface area contributed by atoms with Gasteiger partial charge in [-0.25, -0.2) is 23.4 Å². The summed E-state index contributed by atoms with van der Waals surface area (Å²) in [5.74, 6) is -3.94. The molecule has 0 radical (unpaired) electrons. The molecule has 0 saturated heterocycles. The van der Waals surface area contributed by atoms with Crippen molar-refractivity contribution in [2.45, 2.75) is 0 Å². The van der Waals surface area contributed by atoms with Crippen molar-refractivity contribution in [3.8, 4) is 33.7 Å². The van der Waals surface area contributed by atoms with Gasteiger partial charge in [0.2, 0.25) is 5.82 Å². The summed E-state index contributed by atoms with van der Waals surface area (Å²) in [5.41, 5.74) is 5.51. The molecular formula is C27H18F2N6O7S. The zero-order chi connectivity index (χ0) is 30.7. The molecular weight excluding hydrogens is 590 g/mol. The fourth-order valence-electron chi connectivity index (χ4n) is 3.62. The first-order valence-electron chi connectivity index (χ1n) is 12.0. The Labute approximate surface area is 243 Å². The van der Waals surface area contributed by atoms with Gasteiger partial charge in [0.05, 0.1) is 23.9 Å². The zero-order valence-corrected chi connectivity index (χ0v) is 22.6. The van der Waals surface area contributed by atoms with E-state index in [0.717, 1.165) is 17.4 Å². The number of nitrogens with two attached hydrogens (primary N) is 1. The highest BCUT2D eigenvalue weighted by molar-refractivity contribution is 7.19. The number of nitrogens with one attached hydrogen (secondary N) is 2. The molecule has 218 valence electrons. The molecule has 0 bridgehead atoms. The molecule has 0 fully saturated rings. The van der Waals surface area contributed by atoms with Crippen molar-refractivity contribution in [2.75, 3.05) is 23.5 Å². The number of nitrogen functional groups attached to an aromatic ring is 1. The van der Waals surface area contributed by atoms with Crippen LogP contribution in [0.3, 0.4) is 0 Å². The van der Waals surface area contributed by atoms with Gasteiger partial charge in [-0.15, -0.1) is 0 Å². The quantitative estimate of drug-likeness (QED) is 0.179. The predicted octanol–water partition coefficient (Wildman–Crippen LogP) is 5.29. The van der Waals surface area contributed by atoms with Gasteiger partial charge in [0.1, 0.15) is 33.8 Å². The number of rotatable bonds is 8. The maximum absolute atomic E-state index is 14.7. The fraction of sp³-hybridized carbons (Fsp3) is 0.0370. The van der Waals surface area contributed by atoms with E-state index in [-0.39, 0.29) is 55.7 Å². The van der Waals surface area contributed by atoms with Crippen molar-refractivity contribution in [3.05, 3.63) is 83.4 Å². The minimum absolute atomic E-state index is 0.00471. The molecule has 0 unspecified atom stereocenters. The van der Waals surface area contributed by atoms with Gasteiger partial charge in [-0.05, 0) is 48.5 Å². The Morgan fingerprint density at radius 3 is 2.44 bits per heavy atom. The number of ether oxygens (including phenoxy) is 2. The number of carboxylic acid groups (broad SMARTS) is 1. The molecule has 2 heterocycles. The Morgan fingerprint density at radius 2 is 1.72 bits per heavy atom. The number of thiazole rings is 1. The van der Waals surface area contributed by atoms with Crippen LogP contribution in [0.4, 0.5) is 30.2 Å². The number of aromatic carboxylic acids is 1. The van der Waals surface area contributed by atoms with E-state index < -0.39 is 29.6 Å². The highest BCUT2D eigenvalue weighted by atomic mass is 32.1. The molecule has 5 N–H and O–H groups in total. The first kappa shape index (κ1) is 28.6. The second-order valence-corrected chi connectivity index (χ2v) is 9.50. The number of carbonyl (C=O) groups excluding carboxylic acids is 2. The third-order valence-corrected chi connectivity index (χ3v) is 6.65. The maximum Gasteiger partial charge on any atom is 0.418 e. The van der Waals surface area contributed by atoms with E-state index in [1.54, 1.807) is 12.1 Å². The molecule has 43 heavy (non-hydrogen) atoms. The fourth-order valence-corrected chi connectivity index (χ4v) is 4.42. The van der Waals surface area contributed by atoms with E-state index in [2.05, 4.69) is 25.8 Å². The van der Waals surface area contributed by atoms with Crippen molar-refractivity contribution in [2.24, 2.45) is 0 Å². The number of benzene rings is 3. The Bertz CT molecular complexity index is 1860. The first-order chi connectivity index (χ1) is 20.6. The van der Waals surface area contributed by atoms with Gasteiger partial charge in [-0.2, -0.15) is 4.98 Å². The number of nitrogens with zero attached hydrogens (tertiary/aromatic N) is 3. The average molecular weight is 609 g/mol. The lowest BCUT2D eigenvalue weighted by atomic mass is 10.1. The minimum atomic E-state index is -1.13. The van der Waals surface area contributed by atoms with Gasteiger partial charge in [0.25, 0.3) is 11.8 Å². The molecule has 2 amide bonds. The lowest BCUT2D eigenvalue weighted by Gasteiger charge is -2.09. The van der Waals surface area contributed by atoms with E-state index >= 15 is 0 Å². The normalized spacial score (nSPS) is 10.7. The first-order valence-corrected chi connectivity index (χ1v) is 12.8.